The summed E-state index contributed by atoms with van der Waals surface area (Å²) in [5, 5.41) is 10.2. The lowest BCUT2D eigenvalue weighted by Crippen LogP contribution is -2.13. The van der Waals surface area contributed by atoms with Gasteiger partial charge in [0.2, 0.25) is 5.89 Å². The Labute approximate surface area is 208 Å². The fourth-order valence-corrected chi connectivity index (χ4v) is 3.62. The van der Waals surface area contributed by atoms with Crippen molar-refractivity contribution in [1.82, 2.24) is 9.97 Å². The molecule has 0 fully saturated rings. The number of methoxy groups -OCH3 is 1. The van der Waals surface area contributed by atoms with Crippen LogP contribution in [-0.4, -0.2) is 34.1 Å². The standard InChI is InChI=1S/C28H38N2O5/c1-6-11-20(2)16-21(3)12-8-7-9-15-27-29-25(19-34-27)28-30-24(18-35-28)26(33-5)17-23(32)14-10-13-22(4)31/h6-8,10-11,13,16,18-20,23,26,32H,9,12,14-15,17H2,1-5H3/b8-7+,11-6+,13-10+,21-16-/t20-,23+,26+/m0/s1. The zero-order valence-electron chi connectivity index (χ0n) is 21.4. The van der Waals surface area contributed by atoms with Gasteiger partial charge in [-0.3, -0.25) is 4.79 Å². The first-order chi connectivity index (χ1) is 16.8. The molecule has 2 aromatic rings. The number of aliphatic hydroxyl groups is 1. The van der Waals surface area contributed by atoms with E-state index in [1.54, 1.807) is 13.2 Å². The molecule has 2 rings (SSSR count). The summed E-state index contributed by atoms with van der Waals surface area (Å²) >= 11 is 0. The molecule has 0 aliphatic heterocycles. The van der Waals surface area contributed by atoms with Crippen LogP contribution < -0.4 is 0 Å². The summed E-state index contributed by atoms with van der Waals surface area (Å²) in [5.74, 6) is 1.36. The van der Waals surface area contributed by atoms with Crippen LogP contribution in [0.15, 0.2) is 69.5 Å². The summed E-state index contributed by atoms with van der Waals surface area (Å²) in [6, 6.07) is 0. The number of oxazole rings is 2. The second-order valence-corrected chi connectivity index (χ2v) is 8.68. The molecule has 0 radical (unpaired) electrons. The molecule has 190 valence electrons. The van der Waals surface area contributed by atoms with Crippen molar-refractivity contribution in [3.63, 3.8) is 0 Å². The Bertz CT molecular complexity index is 1030. The molecule has 0 saturated carbocycles. The lowest BCUT2D eigenvalue weighted by molar-refractivity contribution is -0.112. The summed E-state index contributed by atoms with van der Waals surface area (Å²) in [5.41, 5.74) is 2.43. The second-order valence-electron chi connectivity index (χ2n) is 8.68. The number of aromatic nitrogens is 2. The van der Waals surface area contributed by atoms with E-state index in [1.165, 1.54) is 31.1 Å². The Kier molecular flexibility index (Phi) is 12.1. The van der Waals surface area contributed by atoms with Crippen LogP contribution in [0.2, 0.25) is 0 Å². The van der Waals surface area contributed by atoms with E-state index in [0.29, 0.717) is 48.3 Å². The zero-order chi connectivity index (χ0) is 25.6. The summed E-state index contributed by atoms with van der Waals surface area (Å²) in [4.78, 5) is 19.9. The van der Waals surface area contributed by atoms with Crippen molar-refractivity contribution < 1.29 is 23.5 Å². The molecule has 1 N–H and O–H groups in total. The Morgan fingerprint density at radius 2 is 1.97 bits per heavy atom. The highest BCUT2D eigenvalue weighted by atomic mass is 16.5. The summed E-state index contributed by atoms with van der Waals surface area (Å²) < 4.78 is 16.6. The average Bonchev–Trinajstić information content (AvgIpc) is 3.47. The highest BCUT2D eigenvalue weighted by Crippen LogP contribution is 2.26. The minimum Gasteiger partial charge on any atom is -0.448 e. The van der Waals surface area contributed by atoms with Crippen molar-refractivity contribution in [2.45, 2.75) is 72.0 Å². The molecule has 2 heterocycles. The van der Waals surface area contributed by atoms with Gasteiger partial charge in [-0.05, 0) is 52.0 Å². The molecule has 3 atom stereocenters. The Balaban J connectivity index is 1.87. The summed E-state index contributed by atoms with van der Waals surface area (Å²) in [6.07, 6.45) is 19.0. The molecule has 0 amide bonds. The summed E-state index contributed by atoms with van der Waals surface area (Å²) in [7, 11) is 1.55. The number of aliphatic hydroxyl groups excluding tert-OH is 1. The number of rotatable bonds is 15. The van der Waals surface area contributed by atoms with E-state index in [9.17, 15) is 9.90 Å². The van der Waals surface area contributed by atoms with Crippen molar-refractivity contribution in [2.24, 2.45) is 5.92 Å². The maximum atomic E-state index is 11.0. The van der Waals surface area contributed by atoms with Gasteiger partial charge in [-0.15, -0.1) is 0 Å². The molecule has 0 saturated heterocycles. The normalized spacial score (nSPS) is 15.4. The molecule has 2 aromatic heterocycles. The van der Waals surface area contributed by atoms with Gasteiger partial charge in [0, 0.05) is 20.0 Å². The van der Waals surface area contributed by atoms with E-state index in [4.69, 9.17) is 13.6 Å². The molecule has 0 unspecified atom stereocenters. The number of ether oxygens (including phenoxy) is 1. The van der Waals surface area contributed by atoms with Crippen LogP contribution in [-0.2, 0) is 16.0 Å². The lowest BCUT2D eigenvalue weighted by Gasteiger charge is -2.15. The maximum absolute atomic E-state index is 11.0. The van der Waals surface area contributed by atoms with E-state index in [2.05, 4.69) is 54.2 Å². The smallest absolute Gasteiger partial charge is 0.248 e. The number of allylic oxidation sites excluding steroid dienone is 7. The third-order valence-electron chi connectivity index (χ3n) is 5.33. The molecule has 7 heteroatoms. The highest BCUT2D eigenvalue weighted by Gasteiger charge is 2.21. The fraction of sp³-hybridized carbons (Fsp3) is 0.464. The van der Waals surface area contributed by atoms with Crippen LogP contribution >= 0.6 is 0 Å². The number of ketones is 1. The van der Waals surface area contributed by atoms with Crippen LogP contribution in [0, 0.1) is 5.92 Å². The largest absolute Gasteiger partial charge is 0.448 e. The summed E-state index contributed by atoms with van der Waals surface area (Å²) in [6.45, 7) is 7.84. The van der Waals surface area contributed by atoms with Crippen LogP contribution in [0.3, 0.4) is 0 Å². The first-order valence-electron chi connectivity index (χ1n) is 12.1. The van der Waals surface area contributed by atoms with Crippen LogP contribution in [0.4, 0.5) is 0 Å². The Morgan fingerprint density at radius 3 is 2.69 bits per heavy atom. The Morgan fingerprint density at radius 1 is 1.17 bits per heavy atom. The molecule has 0 bridgehead atoms. The number of carbonyl (C=O) groups is 1. The molecular formula is C28H38N2O5. The van der Waals surface area contributed by atoms with Crippen LogP contribution in [0.5, 0.6) is 0 Å². The van der Waals surface area contributed by atoms with Crippen molar-refractivity contribution in [1.29, 1.82) is 0 Å². The van der Waals surface area contributed by atoms with E-state index in [-0.39, 0.29) is 5.78 Å². The van der Waals surface area contributed by atoms with Crippen molar-refractivity contribution in [3.05, 3.63) is 72.2 Å². The van der Waals surface area contributed by atoms with Gasteiger partial charge >= 0.3 is 0 Å². The minimum atomic E-state index is -0.668. The van der Waals surface area contributed by atoms with Gasteiger partial charge in [-0.2, -0.15) is 0 Å². The van der Waals surface area contributed by atoms with Gasteiger partial charge in [-0.25, -0.2) is 9.97 Å². The van der Waals surface area contributed by atoms with Crippen LogP contribution in [0.1, 0.15) is 71.1 Å². The first-order valence-corrected chi connectivity index (χ1v) is 12.1. The molecule has 0 aromatic carbocycles. The number of hydrogen-bond donors (Lipinski definition) is 1. The van der Waals surface area contributed by atoms with Crippen LogP contribution in [0.25, 0.3) is 11.6 Å². The van der Waals surface area contributed by atoms with E-state index < -0.39 is 12.2 Å². The average molecular weight is 483 g/mol. The van der Waals surface area contributed by atoms with Gasteiger partial charge in [0.05, 0.1) is 6.10 Å². The maximum Gasteiger partial charge on any atom is 0.248 e. The van der Waals surface area contributed by atoms with Crippen molar-refractivity contribution >= 4 is 5.78 Å². The number of aryl methyl sites for hydroxylation is 1. The third-order valence-corrected chi connectivity index (χ3v) is 5.33. The molecule has 0 aliphatic carbocycles. The van der Waals surface area contributed by atoms with Gasteiger partial charge in [-0.1, -0.05) is 49.0 Å². The zero-order valence-corrected chi connectivity index (χ0v) is 21.4. The van der Waals surface area contributed by atoms with E-state index in [1.807, 2.05) is 6.92 Å². The molecular weight excluding hydrogens is 444 g/mol. The SMILES string of the molecule is C/C=C/[C@H](C)/C=C(/C)C/C=C/CCc1nc(-c2nc([C@@H](C[C@H](O)C/C=C/C(C)=O)OC)co2)co1. The van der Waals surface area contributed by atoms with Gasteiger partial charge < -0.3 is 18.7 Å². The predicted molar refractivity (Wildman–Crippen MR) is 137 cm³/mol. The third kappa shape index (κ3) is 10.4. The van der Waals surface area contributed by atoms with Gasteiger partial charge in [0.1, 0.15) is 24.3 Å². The second kappa shape index (κ2) is 15.1. The first kappa shape index (κ1) is 28.2. The molecule has 7 nitrogen and oxygen atoms in total. The molecule has 0 spiro atoms. The predicted octanol–water partition coefficient (Wildman–Crippen LogP) is 6.34. The highest BCUT2D eigenvalue weighted by molar-refractivity contribution is 5.87. The van der Waals surface area contributed by atoms with Crippen molar-refractivity contribution in [2.75, 3.05) is 7.11 Å². The van der Waals surface area contributed by atoms with Gasteiger partial charge in [0.25, 0.3) is 0 Å². The minimum absolute atomic E-state index is 0.0535. The fourth-order valence-electron chi connectivity index (χ4n) is 3.62. The van der Waals surface area contributed by atoms with Crippen molar-refractivity contribution in [3.8, 4) is 11.6 Å². The van der Waals surface area contributed by atoms with E-state index >= 15 is 0 Å². The van der Waals surface area contributed by atoms with Gasteiger partial charge in [0.15, 0.2) is 17.4 Å². The molecule has 35 heavy (non-hydrogen) atoms. The molecule has 0 aliphatic rings. The lowest BCUT2D eigenvalue weighted by atomic mass is 10.1. The number of nitrogens with zero attached hydrogens (tertiary/aromatic N) is 2. The number of hydrogen-bond acceptors (Lipinski definition) is 7. The van der Waals surface area contributed by atoms with E-state index in [0.717, 1.165) is 12.8 Å². The topological polar surface area (TPSA) is 98.6 Å². The quantitative estimate of drug-likeness (QED) is 0.233. The number of carbonyl (C=O) groups excluding carboxylic acids is 1. The monoisotopic (exact) mass is 482 g/mol. The Hall–Kier alpha value is -3.03.